The molecule has 10 heteroatoms. The first-order valence-electron chi connectivity index (χ1n) is 17.7. The molecule has 1 saturated heterocycles. The highest BCUT2D eigenvalue weighted by molar-refractivity contribution is 5.95. The predicted molar refractivity (Wildman–Crippen MR) is 183 cm³/mol. The lowest BCUT2D eigenvalue weighted by molar-refractivity contribution is -0.138. The average molecular weight is 653 g/mol. The summed E-state index contributed by atoms with van der Waals surface area (Å²) in [7, 11) is 0. The third-order valence-electron chi connectivity index (χ3n) is 11.2. The second kappa shape index (κ2) is 12.5. The van der Waals surface area contributed by atoms with E-state index in [1.54, 1.807) is 16.8 Å². The van der Waals surface area contributed by atoms with Gasteiger partial charge in [0, 0.05) is 67.9 Å². The molecule has 3 fully saturated rings. The molecule has 0 spiro atoms. The van der Waals surface area contributed by atoms with Crippen molar-refractivity contribution in [1.82, 2.24) is 24.0 Å². The van der Waals surface area contributed by atoms with Crippen molar-refractivity contribution in [1.29, 1.82) is 0 Å². The molecule has 2 amide bonds. The Balaban J connectivity index is 1.10. The van der Waals surface area contributed by atoms with E-state index in [1.807, 2.05) is 6.07 Å². The molecular formula is C38H45FN6O3. The van der Waals surface area contributed by atoms with Crippen molar-refractivity contribution in [3.8, 4) is 11.4 Å². The number of aromatic nitrogens is 3. The number of aliphatic hydroxyl groups excluding tert-OH is 1. The Hall–Kier alpha value is -4.02. The summed E-state index contributed by atoms with van der Waals surface area (Å²) in [5, 5.41) is 16.2. The molecule has 0 bridgehead atoms. The van der Waals surface area contributed by atoms with Crippen LogP contribution in [-0.4, -0.2) is 72.7 Å². The van der Waals surface area contributed by atoms with E-state index in [0.29, 0.717) is 17.4 Å². The lowest BCUT2D eigenvalue weighted by Gasteiger charge is -2.36. The second-order valence-electron chi connectivity index (χ2n) is 14.7. The Morgan fingerprint density at radius 3 is 2.52 bits per heavy atom. The summed E-state index contributed by atoms with van der Waals surface area (Å²) in [6.45, 7) is 4.84. The number of benzene rings is 1. The quantitative estimate of drug-likeness (QED) is 0.269. The summed E-state index contributed by atoms with van der Waals surface area (Å²) >= 11 is 0. The number of nitrogens with zero attached hydrogens (tertiary/aromatic N) is 5. The van der Waals surface area contributed by atoms with Gasteiger partial charge in [-0.1, -0.05) is 18.2 Å². The zero-order valence-corrected chi connectivity index (χ0v) is 27.7. The maximum absolute atomic E-state index is 14.1. The van der Waals surface area contributed by atoms with Gasteiger partial charge in [0.2, 0.25) is 5.91 Å². The van der Waals surface area contributed by atoms with Gasteiger partial charge in [0.15, 0.2) is 0 Å². The largest absolute Gasteiger partial charge is 0.393 e. The summed E-state index contributed by atoms with van der Waals surface area (Å²) in [5.74, 6) is 0.652. The van der Waals surface area contributed by atoms with Gasteiger partial charge in [0.1, 0.15) is 11.5 Å². The van der Waals surface area contributed by atoms with Crippen LogP contribution in [0.5, 0.6) is 0 Å². The minimum absolute atomic E-state index is 0.0532. The molecule has 3 aromatic heterocycles. The second-order valence-corrected chi connectivity index (χ2v) is 14.7. The molecule has 1 aromatic carbocycles. The number of hydrogen-bond acceptors (Lipinski definition) is 5. The molecule has 1 unspecified atom stereocenters. The number of aliphatic hydroxyl groups is 1. The van der Waals surface area contributed by atoms with Crippen LogP contribution in [0.1, 0.15) is 85.2 Å². The fourth-order valence-corrected chi connectivity index (χ4v) is 8.31. The number of likely N-dealkylation sites (tertiary alicyclic amines) is 1. The monoisotopic (exact) mass is 652 g/mol. The van der Waals surface area contributed by atoms with Gasteiger partial charge in [-0.25, -0.2) is 8.91 Å². The molecule has 2 saturated carbocycles. The Morgan fingerprint density at radius 1 is 1.02 bits per heavy atom. The minimum Gasteiger partial charge on any atom is -0.393 e. The van der Waals surface area contributed by atoms with Crippen molar-refractivity contribution >= 4 is 28.2 Å². The predicted octanol–water partition coefficient (Wildman–Crippen LogP) is 5.92. The number of para-hydroxylation sites is 1. The van der Waals surface area contributed by atoms with E-state index in [9.17, 15) is 19.1 Å². The fourth-order valence-electron chi connectivity index (χ4n) is 8.31. The van der Waals surface area contributed by atoms with Crippen LogP contribution >= 0.6 is 0 Å². The number of amides is 2. The summed E-state index contributed by atoms with van der Waals surface area (Å²) in [6.07, 6.45) is 10.3. The number of pyridine rings is 1. The van der Waals surface area contributed by atoms with Crippen molar-refractivity contribution < 1.29 is 19.1 Å². The van der Waals surface area contributed by atoms with Gasteiger partial charge >= 0.3 is 0 Å². The highest BCUT2D eigenvalue weighted by Gasteiger charge is 2.33. The van der Waals surface area contributed by atoms with Crippen LogP contribution in [0.3, 0.4) is 0 Å². The van der Waals surface area contributed by atoms with Crippen molar-refractivity contribution in [2.24, 2.45) is 17.6 Å². The standard InChI is InChI=1S/C38H45FN6O3/c1-23-33-12-9-28(38(48)43-21-29(39)18-30(40)22-43)20-45(33)41-35(23)34-17-27-3-2-4-32(36(27)44(34)19-24-5-6-24)25-13-15-42(16-14-25)37(47)26-7-10-31(46)11-8-26/h2-4,9,12,17,20-21,24-26,30-31,46H,5-8,10-11,13-16,18-19,22,40H2,1H3. The Labute approximate surface area is 280 Å². The number of carbonyl (C=O) groups is 2. The van der Waals surface area contributed by atoms with Crippen LogP contribution in [0, 0.1) is 18.8 Å². The van der Waals surface area contributed by atoms with Crippen molar-refractivity contribution in [2.75, 3.05) is 19.6 Å². The highest BCUT2D eigenvalue weighted by atomic mass is 19.1. The maximum Gasteiger partial charge on any atom is 0.259 e. The first-order valence-corrected chi connectivity index (χ1v) is 17.7. The maximum atomic E-state index is 14.1. The molecule has 2 aliphatic heterocycles. The van der Waals surface area contributed by atoms with E-state index < -0.39 is 6.04 Å². The number of rotatable bonds is 6. The van der Waals surface area contributed by atoms with Crippen LogP contribution < -0.4 is 5.73 Å². The lowest BCUT2D eigenvalue weighted by Crippen LogP contribution is -2.42. The number of aryl methyl sites for hydroxylation is 1. The van der Waals surface area contributed by atoms with Crippen LogP contribution in [0.25, 0.3) is 27.8 Å². The molecule has 1 atom stereocenters. The van der Waals surface area contributed by atoms with E-state index in [1.165, 1.54) is 40.4 Å². The third kappa shape index (κ3) is 5.83. The SMILES string of the molecule is Cc1c(-c2cc3cccc(C4CCN(C(=O)C5CCC(O)CC5)CC4)c3n2CC2CC2)nn2cc(C(=O)N3C=C(F)CC(N)C3)ccc12. The lowest BCUT2D eigenvalue weighted by atomic mass is 9.84. The fraction of sp³-hybridized carbons (Fsp3) is 0.500. The molecule has 4 aliphatic rings. The van der Waals surface area contributed by atoms with Gasteiger partial charge in [-0.05, 0) is 93.9 Å². The van der Waals surface area contributed by atoms with Gasteiger partial charge < -0.3 is 25.2 Å². The number of piperidine rings is 1. The van der Waals surface area contributed by atoms with Crippen LogP contribution in [0.15, 0.2) is 54.6 Å². The van der Waals surface area contributed by atoms with Crippen LogP contribution in [-0.2, 0) is 11.3 Å². The molecule has 8 rings (SSSR count). The zero-order chi connectivity index (χ0) is 33.1. The number of fused-ring (bicyclic) bond motifs is 2. The molecule has 5 heterocycles. The Kier molecular flexibility index (Phi) is 8.11. The molecule has 3 N–H and O–H groups in total. The Morgan fingerprint density at radius 2 is 1.79 bits per heavy atom. The third-order valence-corrected chi connectivity index (χ3v) is 11.2. The van der Waals surface area contributed by atoms with E-state index >= 15 is 0 Å². The summed E-state index contributed by atoms with van der Waals surface area (Å²) in [5.41, 5.74) is 13.0. The average Bonchev–Trinajstić information content (AvgIpc) is 3.76. The molecule has 48 heavy (non-hydrogen) atoms. The number of halogens is 1. The number of hydrogen-bond donors (Lipinski definition) is 2. The first kappa shape index (κ1) is 31.3. The molecular weight excluding hydrogens is 607 g/mol. The van der Waals surface area contributed by atoms with Crippen molar-refractivity contribution in [2.45, 2.75) is 89.3 Å². The van der Waals surface area contributed by atoms with Gasteiger partial charge in [0.05, 0.1) is 28.4 Å². The van der Waals surface area contributed by atoms with E-state index in [0.717, 1.165) is 80.6 Å². The molecule has 4 aromatic rings. The number of carbonyl (C=O) groups excluding carboxylic acids is 2. The van der Waals surface area contributed by atoms with E-state index in [4.69, 9.17) is 10.8 Å². The topological polar surface area (TPSA) is 109 Å². The highest BCUT2D eigenvalue weighted by Crippen LogP contribution is 2.41. The van der Waals surface area contributed by atoms with Gasteiger partial charge in [-0.3, -0.25) is 9.59 Å². The summed E-state index contributed by atoms with van der Waals surface area (Å²) < 4.78 is 18.4. The summed E-state index contributed by atoms with van der Waals surface area (Å²) in [6, 6.07) is 12.2. The molecule has 0 radical (unpaired) electrons. The molecule has 2 aliphatic carbocycles. The first-order chi connectivity index (χ1) is 23.2. The van der Waals surface area contributed by atoms with Gasteiger partial charge in [0.25, 0.3) is 5.91 Å². The zero-order valence-electron chi connectivity index (χ0n) is 27.7. The van der Waals surface area contributed by atoms with E-state index in [2.05, 4.69) is 40.7 Å². The smallest absolute Gasteiger partial charge is 0.259 e. The van der Waals surface area contributed by atoms with Crippen molar-refractivity contribution in [3.63, 3.8) is 0 Å². The minimum atomic E-state index is -0.424. The molecule has 9 nitrogen and oxygen atoms in total. The van der Waals surface area contributed by atoms with Crippen LogP contribution in [0.4, 0.5) is 4.39 Å². The van der Waals surface area contributed by atoms with Crippen LogP contribution in [0.2, 0.25) is 0 Å². The van der Waals surface area contributed by atoms with Gasteiger partial charge in [-0.15, -0.1) is 0 Å². The van der Waals surface area contributed by atoms with E-state index in [-0.39, 0.29) is 42.6 Å². The molecule has 252 valence electrons. The number of nitrogens with two attached hydrogens (primary N) is 1. The Bertz CT molecular complexity index is 1910. The van der Waals surface area contributed by atoms with Gasteiger partial charge in [-0.2, -0.15) is 5.10 Å². The summed E-state index contributed by atoms with van der Waals surface area (Å²) in [4.78, 5) is 30.1. The normalized spacial score (nSPS) is 24.0. The van der Waals surface area contributed by atoms with Crippen molar-refractivity contribution in [3.05, 3.63) is 71.3 Å².